The highest BCUT2D eigenvalue weighted by molar-refractivity contribution is 7.16. The van der Waals surface area contributed by atoms with Crippen molar-refractivity contribution in [1.29, 1.82) is 0 Å². The lowest BCUT2D eigenvalue weighted by molar-refractivity contribution is 0.0989. The molecular formula is C9H13ClN2O2S. The van der Waals surface area contributed by atoms with E-state index in [9.17, 15) is 0 Å². The first-order valence-corrected chi connectivity index (χ1v) is 6.02. The maximum absolute atomic E-state index is 9.04. The molecule has 0 aliphatic carbocycles. The molecule has 0 aromatic carbocycles. The molecule has 15 heavy (non-hydrogen) atoms. The van der Waals surface area contributed by atoms with Crippen LogP contribution in [0.4, 0.5) is 5.13 Å². The molecule has 0 radical (unpaired) electrons. The number of aromatic nitrogens is 1. The molecular weight excluding hydrogens is 236 g/mol. The summed E-state index contributed by atoms with van der Waals surface area (Å²) in [6, 6.07) is 0.313. The van der Waals surface area contributed by atoms with Crippen LogP contribution in [0, 0.1) is 0 Å². The highest BCUT2D eigenvalue weighted by atomic mass is 35.5. The largest absolute Gasteiger partial charge is 0.391 e. The molecule has 6 heteroatoms. The van der Waals surface area contributed by atoms with E-state index in [1.54, 1.807) is 0 Å². The predicted molar refractivity (Wildman–Crippen MR) is 60.7 cm³/mol. The molecule has 1 aliphatic rings. The molecule has 84 valence electrons. The van der Waals surface area contributed by atoms with Gasteiger partial charge < -0.3 is 14.7 Å². The van der Waals surface area contributed by atoms with Crippen LogP contribution in [0.15, 0.2) is 0 Å². The molecule has 1 unspecified atom stereocenters. The zero-order valence-corrected chi connectivity index (χ0v) is 10.0. The lowest BCUT2D eigenvalue weighted by Gasteiger charge is -2.32. The SMILES string of the molecule is CC1COCCN1c1nc(Cl)c(CO)s1. The Morgan fingerprint density at radius 2 is 2.53 bits per heavy atom. The molecule has 2 heterocycles. The van der Waals surface area contributed by atoms with E-state index in [-0.39, 0.29) is 6.61 Å². The van der Waals surface area contributed by atoms with Gasteiger partial charge in [0.05, 0.1) is 30.7 Å². The van der Waals surface area contributed by atoms with Crippen LogP contribution in [0.25, 0.3) is 0 Å². The second-order valence-electron chi connectivity index (χ2n) is 3.49. The van der Waals surface area contributed by atoms with Crippen molar-refractivity contribution in [3.63, 3.8) is 0 Å². The third kappa shape index (κ3) is 2.25. The van der Waals surface area contributed by atoms with Crippen LogP contribution in [0.1, 0.15) is 11.8 Å². The van der Waals surface area contributed by atoms with E-state index in [1.165, 1.54) is 11.3 Å². The molecule has 1 fully saturated rings. The van der Waals surface area contributed by atoms with Crippen molar-refractivity contribution < 1.29 is 9.84 Å². The van der Waals surface area contributed by atoms with Crippen molar-refractivity contribution in [3.05, 3.63) is 10.0 Å². The maximum atomic E-state index is 9.04. The van der Waals surface area contributed by atoms with Crippen LogP contribution in [-0.4, -0.2) is 35.9 Å². The number of aliphatic hydroxyl groups is 1. The molecule has 1 aliphatic heterocycles. The topological polar surface area (TPSA) is 45.6 Å². The first-order valence-electron chi connectivity index (χ1n) is 4.83. The summed E-state index contributed by atoms with van der Waals surface area (Å²) in [6.45, 7) is 4.31. The Hall–Kier alpha value is -0.360. The molecule has 2 rings (SSSR count). The average Bonchev–Trinajstić information content (AvgIpc) is 2.60. The normalized spacial score (nSPS) is 22.1. The third-order valence-corrected chi connectivity index (χ3v) is 3.90. The summed E-state index contributed by atoms with van der Waals surface area (Å²) in [5, 5.41) is 10.3. The van der Waals surface area contributed by atoms with Crippen LogP contribution in [0.2, 0.25) is 5.15 Å². The summed E-state index contributed by atoms with van der Waals surface area (Å²) in [4.78, 5) is 7.14. The molecule has 0 amide bonds. The molecule has 0 saturated carbocycles. The van der Waals surface area contributed by atoms with Gasteiger partial charge in [-0.1, -0.05) is 22.9 Å². The van der Waals surface area contributed by atoms with E-state index in [0.29, 0.717) is 17.8 Å². The van der Waals surface area contributed by atoms with Gasteiger partial charge in [0, 0.05) is 6.54 Å². The van der Waals surface area contributed by atoms with E-state index in [1.807, 2.05) is 0 Å². The van der Waals surface area contributed by atoms with Gasteiger partial charge in [0.25, 0.3) is 0 Å². The quantitative estimate of drug-likeness (QED) is 0.862. The fourth-order valence-corrected chi connectivity index (χ4v) is 2.80. The Morgan fingerprint density at radius 1 is 1.73 bits per heavy atom. The number of hydrogen-bond donors (Lipinski definition) is 1. The first kappa shape index (κ1) is 11.1. The molecule has 1 N–H and O–H groups in total. The lowest BCUT2D eigenvalue weighted by Crippen LogP contribution is -2.43. The number of aliphatic hydroxyl groups excluding tert-OH is 1. The summed E-state index contributed by atoms with van der Waals surface area (Å²) < 4.78 is 5.35. The number of ether oxygens (including phenoxy) is 1. The van der Waals surface area contributed by atoms with Gasteiger partial charge in [-0.25, -0.2) is 4.98 Å². The Morgan fingerprint density at radius 3 is 3.13 bits per heavy atom. The predicted octanol–water partition coefficient (Wildman–Crippen LogP) is 1.51. The number of nitrogens with zero attached hydrogens (tertiary/aromatic N) is 2. The zero-order chi connectivity index (χ0) is 10.8. The lowest BCUT2D eigenvalue weighted by atomic mass is 10.3. The number of anilines is 1. The summed E-state index contributed by atoms with van der Waals surface area (Å²) in [6.07, 6.45) is 0. The second-order valence-corrected chi connectivity index (χ2v) is 4.91. The van der Waals surface area contributed by atoms with Crippen molar-refractivity contribution in [2.24, 2.45) is 0 Å². The molecule has 0 spiro atoms. The van der Waals surface area contributed by atoms with Crippen molar-refractivity contribution in [1.82, 2.24) is 4.98 Å². The molecule has 1 saturated heterocycles. The standard InChI is InChI=1S/C9H13ClN2O2S/c1-6-5-14-3-2-12(6)9-11-8(10)7(4-13)15-9/h6,13H,2-5H2,1H3. The molecule has 1 aromatic heterocycles. The summed E-state index contributed by atoms with van der Waals surface area (Å²) in [5.41, 5.74) is 0. The van der Waals surface area contributed by atoms with Gasteiger partial charge in [0.1, 0.15) is 5.15 Å². The van der Waals surface area contributed by atoms with E-state index in [2.05, 4.69) is 16.8 Å². The molecule has 1 atom stereocenters. The first-order chi connectivity index (χ1) is 7.22. The number of halogens is 1. The molecule has 1 aromatic rings. The van der Waals surface area contributed by atoms with Gasteiger partial charge in [-0.3, -0.25) is 0 Å². The maximum Gasteiger partial charge on any atom is 0.187 e. The zero-order valence-electron chi connectivity index (χ0n) is 8.44. The fraction of sp³-hybridized carbons (Fsp3) is 0.667. The van der Waals surface area contributed by atoms with Crippen molar-refractivity contribution in [2.75, 3.05) is 24.7 Å². The van der Waals surface area contributed by atoms with E-state index >= 15 is 0 Å². The minimum Gasteiger partial charge on any atom is -0.391 e. The Labute approximate surface area is 97.4 Å². The van der Waals surface area contributed by atoms with Gasteiger partial charge >= 0.3 is 0 Å². The number of hydrogen-bond acceptors (Lipinski definition) is 5. The highest BCUT2D eigenvalue weighted by Crippen LogP contribution is 2.31. The summed E-state index contributed by atoms with van der Waals surface area (Å²) in [7, 11) is 0. The molecule has 4 nitrogen and oxygen atoms in total. The van der Waals surface area contributed by atoms with Crippen LogP contribution in [-0.2, 0) is 11.3 Å². The number of rotatable bonds is 2. The van der Waals surface area contributed by atoms with Crippen molar-refractivity contribution in [2.45, 2.75) is 19.6 Å². The number of thiazole rings is 1. The monoisotopic (exact) mass is 248 g/mol. The van der Waals surface area contributed by atoms with Crippen LogP contribution in [0.5, 0.6) is 0 Å². The van der Waals surface area contributed by atoms with Gasteiger partial charge in [0.15, 0.2) is 5.13 Å². The van der Waals surface area contributed by atoms with Gasteiger partial charge in [0.2, 0.25) is 0 Å². The van der Waals surface area contributed by atoms with E-state index in [0.717, 1.165) is 23.2 Å². The van der Waals surface area contributed by atoms with E-state index < -0.39 is 0 Å². The Bertz CT molecular complexity index is 345. The summed E-state index contributed by atoms with van der Waals surface area (Å²) >= 11 is 7.34. The van der Waals surface area contributed by atoms with E-state index in [4.69, 9.17) is 21.4 Å². The minimum absolute atomic E-state index is 0.0464. The average molecular weight is 249 g/mol. The van der Waals surface area contributed by atoms with Crippen LogP contribution in [0.3, 0.4) is 0 Å². The molecule has 0 bridgehead atoms. The Kier molecular flexibility index (Phi) is 3.45. The van der Waals surface area contributed by atoms with Crippen LogP contribution >= 0.6 is 22.9 Å². The second kappa shape index (κ2) is 4.65. The third-order valence-electron chi connectivity index (χ3n) is 2.40. The van der Waals surface area contributed by atoms with Gasteiger partial charge in [-0.05, 0) is 6.92 Å². The fourth-order valence-electron chi connectivity index (χ4n) is 1.55. The Balaban J connectivity index is 2.20. The minimum atomic E-state index is -0.0464. The van der Waals surface area contributed by atoms with Crippen molar-refractivity contribution >= 4 is 28.1 Å². The summed E-state index contributed by atoms with van der Waals surface area (Å²) in [5.74, 6) is 0. The van der Waals surface area contributed by atoms with Gasteiger partial charge in [-0.2, -0.15) is 0 Å². The highest BCUT2D eigenvalue weighted by Gasteiger charge is 2.22. The van der Waals surface area contributed by atoms with Crippen molar-refractivity contribution in [3.8, 4) is 0 Å². The van der Waals surface area contributed by atoms with Gasteiger partial charge in [-0.15, -0.1) is 0 Å². The number of morpholine rings is 1. The van der Waals surface area contributed by atoms with Crippen LogP contribution < -0.4 is 4.90 Å². The smallest absolute Gasteiger partial charge is 0.187 e.